The number of furan rings is 1. The van der Waals surface area contributed by atoms with Crippen LogP contribution >= 0.6 is 0 Å². The molecule has 144 valence electrons. The van der Waals surface area contributed by atoms with E-state index in [2.05, 4.69) is 10.6 Å². The van der Waals surface area contributed by atoms with Crippen molar-refractivity contribution in [1.82, 2.24) is 5.32 Å². The van der Waals surface area contributed by atoms with Gasteiger partial charge < -0.3 is 15.1 Å². The van der Waals surface area contributed by atoms with Crippen molar-refractivity contribution in [1.29, 1.82) is 0 Å². The number of carbonyl (C=O) groups is 2. The maximum atomic E-state index is 13.1. The lowest BCUT2D eigenvalue weighted by atomic mass is 10.1. The van der Waals surface area contributed by atoms with E-state index < -0.39 is 23.6 Å². The summed E-state index contributed by atoms with van der Waals surface area (Å²) < 4.78 is 44.3. The van der Waals surface area contributed by atoms with Crippen LogP contribution in [-0.4, -0.2) is 11.8 Å². The first-order chi connectivity index (χ1) is 13.3. The Labute approximate surface area is 158 Å². The number of halogens is 3. The third-order valence-electron chi connectivity index (χ3n) is 3.87. The highest BCUT2D eigenvalue weighted by molar-refractivity contribution is 6.06. The summed E-state index contributed by atoms with van der Waals surface area (Å²) in [7, 11) is 0. The van der Waals surface area contributed by atoms with E-state index in [1.54, 1.807) is 12.1 Å². The summed E-state index contributed by atoms with van der Waals surface area (Å²) in [5.74, 6) is -0.634. The number of carbonyl (C=O) groups excluding carboxylic acids is 2. The van der Waals surface area contributed by atoms with Gasteiger partial charge >= 0.3 is 6.18 Å². The largest absolute Gasteiger partial charge is 0.467 e. The third kappa shape index (κ3) is 4.59. The summed E-state index contributed by atoms with van der Waals surface area (Å²) in [4.78, 5) is 24.6. The zero-order valence-corrected chi connectivity index (χ0v) is 14.4. The predicted octanol–water partition coefficient (Wildman–Crippen LogP) is 4.48. The molecule has 3 rings (SSSR count). The number of hydrogen-bond donors (Lipinski definition) is 2. The van der Waals surface area contributed by atoms with Crippen LogP contribution in [0.25, 0.3) is 0 Å². The summed E-state index contributed by atoms with van der Waals surface area (Å²) in [6, 6.07) is 13.8. The van der Waals surface area contributed by atoms with Crippen LogP contribution in [0.15, 0.2) is 71.3 Å². The van der Waals surface area contributed by atoms with Gasteiger partial charge in [-0.15, -0.1) is 0 Å². The Morgan fingerprint density at radius 3 is 2.29 bits per heavy atom. The van der Waals surface area contributed by atoms with Gasteiger partial charge in [0.05, 0.1) is 24.1 Å². The molecule has 0 radical (unpaired) electrons. The van der Waals surface area contributed by atoms with Crippen molar-refractivity contribution in [3.05, 3.63) is 89.4 Å². The molecule has 0 bridgehead atoms. The molecule has 2 aromatic carbocycles. The van der Waals surface area contributed by atoms with Gasteiger partial charge in [0.2, 0.25) is 0 Å². The van der Waals surface area contributed by atoms with Crippen molar-refractivity contribution in [2.75, 3.05) is 5.32 Å². The molecule has 0 spiro atoms. The van der Waals surface area contributed by atoms with Crippen LogP contribution in [0.1, 0.15) is 32.0 Å². The number of para-hydroxylation sites is 1. The lowest BCUT2D eigenvalue weighted by Crippen LogP contribution is -2.23. The molecular weight excluding hydrogens is 373 g/mol. The number of benzene rings is 2. The lowest BCUT2D eigenvalue weighted by molar-refractivity contribution is -0.136. The number of amides is 2. The van der Waals surface area contributed by atoms with E-state index in [-0.39, 0.29) is 23.4 Å². The molecule has 3 aromatic rings. The van der Waals surface area contributed by atoms with Gasteiger partial charge in [-0.3, -0.25) is 9.59 Å². The second-order valence-electron chi connectivity index (χ2n) is 5.84. The number of alkyl halides is 3. The topological polar surface area (TPSA) is 71.3 Å². The summed E-state index contributed by atoms with van der Waals surface area (Å²) in [5, 5.41) is 4.88. The minimum atomic E-state index is -4.60. The molecule has 1 heterocycles. The van der Waals surface area contributed by atoms with Crippen LogP contribution in [0.4, 0.5) is 18.9 Å². The fraction of sp³-hybridized carbons (Fsp3) is 0.100. The van der Waals surface area contributed by atoms with Crippen LogP contribution in [0.2, 0.25) is 0 Å². The highest BCUT2D eigenvalue weighted by atomic mass is 19.4. The van der Waals surface area contributed by atoms with Crippen molar-refractivity contribution < 1.29 is 27.2 Å². The molecule has 2 amide bonds. The highest BCUT2D eigenvalue weighted by Crippen LogP contribution is 2.34. The third-order valence-corrected chi connectivity index (χ3v) is 3.87. The summed E-state index contributed by atoms with van der Waals surface area (Å²) in [6.45, 7) is 0.168. The van der Waals surface area contributed by atoms with Crippen molar-refractivity contribution in [2.45, 2.75) is 12.7 Å². The minimum Gasteiger partial charge on any atom is -0.467 e. The second kappa shape index (κ2) is 7.99. The van der Waals surface area contributed by atoms with Crippen molar-refractivity contribution >= 4 is 17.5 Å². The smallest absolute Gasteiger partial charge is 0.418 e. The summed E-state index contributed by atoms with van der Waals surface area (Å²) in [5.41, 5.74) is -1.05. The molecule has 0 saturated carbocycles. The van der Waals surface area contributed by atoms with E-state index in [9.17, 15) is 22.8 Å². The zero-order valence-electron chi connectivity index (χ0n) is 14.4. The fourth-order valence-electron chi connectivity index (χ4n) is 2.52. The van der Waals surface area contributed by atoms with Gasteiger partial charge in [-0.05, 0) is 42.5 Å². The maximum Gasteiger partial charge on any atom is 0.418 e. The van der Waals surface area contributed by atoms with Gasteiger partial charge in [0.15, 0.2) is 0 Å². The van der Waals surface area contributed by atoms with Gasteiger partial charge in [-0.1, -0.05) is 18.2 Å². The normalized spacial score (nSPS) is 11.1. The van der Waals surface area contributed by atoms with Gasteiger partial charge in [0.1, 0.15) is 5.76 Å². The van der Waals surface area contributed by atoms with Crippen LogP contribution in [-0.2, 0) is 12.7 Å². The quantitative estimate of drug-likeness (QED) is 0.677. The fourth-order valence-corrected chi connectivity index (χ4v) is 2.52. The molecule has 0 fully saturated rings. The molecule has 8 heteroatoms. The first-order valence-electron chi connectivity index (χ1n) is 8.23. The van der Waals surface area contributed by atoms with Crippen LogP contribution in [0.5, 0.6) is 0 Å². The van der Waals surface area contributed by atoms with Gasteiger partial charge in [0.25, 0.3) is 11.8 Å². The number of rotatable bonds is 5. The molecule has 0 aliphatic rings. The molecule has 0 unspecified atom stereocenters. The average Bonchev–Trinajstić information content (AvgIpc) is 3.19. The first kappa shape index (κ1) is 19.2. The first-order valence-corrected chi connectivity index (χ1v) is 8.23. The molecule has 0 aliphatic heterocycles. The molecule has 2 N–H and O–H groups in total. The molecule has 1 aromatic heterocycles. The number of hydrogen-bond acceptors (Lipinski definition) is 3. The van der Waals surface area contributed by atoms with Gasteiger partial charge in [-0.25, -0.2) is 0 Å². The Kier molecular flexibility index (Phi) is 5.49. The second-order valence-corrected chi connectivity index (χ2v) is 5.84. The Bertz CT molecular complexity index is 982. The molecule has 0 atom stereocenters. The Balaban J connectivity index is 1.73. The van der Waals surface area contributed by atoms with E-state index in [1.807, 2.05) is 0 Å². The molecule has 0 aliphatic carbocycles. The minimum absolute atomic E-state index is 0.0580. The van der Waals surface area contributed by atoms with Gasteiger partial charge in [0, 0.05) is 11.1 Å². The van der Waals surface area contributed by atoms with Crippen LogP contribution < -0.4 is 10.6 Å². The number of anilines is 1. The summed E-state index contributed by atoms with van der Waals surface area (Å²) >= 11 is 0. The predicted molar refractivity (Wildman–Crippen MR) is 95.7 cm³/mol. The molecular formula is C20H15F3N2O3. The monoisotopic (exact) mass is 388 g/mol. The zero-order chi connectivity index (χ0) is 20.1. The lowest BCUT2D eigenvalue weighted by Gasteiger charge is -2.13. The van der Waals surface area contributed by atoms with Crippen LogP contribution in [0.3, 0.4) is 0 Å². The molecule has 0 saturated heterocycles. The molecule has 28 heavy (non-hydrogen) atoms. The van der Waals surface area contributed by atoms with E-state index in [4.69, 9.17) is 4.42 Å². The van der Waals surface area contributed by atoms with Gasteiger partial charge in [-0.2, -0.15) is 13.2 Å². The van der Waals surface area contributed by atoms with E-state index in [0.717, 1.165) is 6.07 Å². The van der Waals surface area contributed by atoms with Crippen molar-refractivity contribution in [3.63, 3.8) is 0 Å². The van der Waals surface area contributed by atoms with Crippen molar-refractivity contribution in [2.24, 2.45) is 0 Å². The SMILES string of the molecule is O=C(NCc1ccco1)c1cccc(C(=O)Nc2ccccc2C(F)(F)F)c1. The standard InChI is InChI=1S/C20H15F3N2O3/c21-20(22,23)16-8-1-2-9-17(16)25-19(27)14-6-3-5-13(11-14)18(26)24-12-15-7-4-10-28-15/h1-11H,12H2,(H,24,26)(H,25,27). The van der Waals surface area contributed by atoms with E-state index in [0.29, 0.717) is 5.76 Å². The number of nitrogens with one attached hydrogen (secondary N) is 2. The summed E-state index contributed by atoms with van der Waals surface area (Å²) in [6.07, 6.45) is -3.12. The maximum absolute atomic E-state index is 13.1. The highest BCUT2D eigenvalue weighted by Gasteiger charge is 2.33. The van der Waals surface area contributed by atoms with E-state index >= 15 is 0 Å². The Morgan fingerprint density at radius 2 is 1.61 bits per heavy atom. The molecule has 5 nitrogen and oxygen atoms in total. The Morgan fingerprint density at radius 1 is 0.893 bits per heavy atom. The van der Waals surface area contributed by atoms with E-state index in [1.165, 1.54) is 48.7 Å². The Hall–Kier alpha value is -3.55. The average molecular weight is 388 g/mol. The van der Waals surface area contributed by atoms with Crippen molar-refractivity contribution in [3.8, 4) is 0 Å². The van der Waals surface area contributed by atoms with Crippen LogP contribution in [0, 0.1) is 0 Å².